The molecule has 2 heterocycles. The van der Waals surface area contributed by atoms with Crippen molar-refractivity contribution in [1.29, 1.82) is 0 Å². The minimum absolute atomic E-state index is 0.252. The van der Waals surface area contributed by atoms with E-state index in [1.165, 1.54) is 0 Å². The molecule has 0 N–H and O–H groups in total. The van der Waals surface area contributed by atoms with E-state index >= 15 is 0 Å². The zero-order chi connectivity index (χ0) is 12.2. The van der Waals surface area contributed by atoms with Crippen LogP contribution in [-0.2, 0) is 4.74 Å². The molecule has 2 aromatic rings. The van der Waals surface area contributed by atoms with Crippen molar-refractivity contribution in [2.75, 3.05) is 13.2 Å². The van der Waals surface area contributed by atoms with Gasteiger partial charge in [0.15, 0.2) is 0 Å². The summed E-state index contributed by atoms with van der Waals surface area (Å²) in [4.78, 5) is 0. The Kier molecular flexibility index (Phi) is 3.23. The van der Waals surface area contributed by atoms with E-state index in [1.54, 1.807) is 12.7 Å². The Morgan fingerprint density at radius 1 is 1.22 bits per heavy atom. The molecule has 1 saturated heterocycles. The van der Waals surface area contributed by atoms with Crippen LogP contribution in [0.1, 0.15) is 12.8 Å². The third-order valence-electron chi connectivity index (χ3n) is 3.01. The van der Waals surface area contributed by atoms with E-state index in [1.807, 2.05) is 28.8 Å². The van der Waals surface area contributed by atoms with E-state index in [0.717, 1.165) is 30.9 Å². The molecule has 0 aliphatic carbocycles. The van der Waals surface area contributed by atoms with Gasteiger partial charge >= 0.3 is 0 Å². The number of hydrogen-bond donors (Lipinski definition) is 0. The van der Waals surface area contributed by atoms with E-state index < -0.39 is 0 Å². The van der Waals surface area contributed by atoms with Gasteiger partial charge in [0.1, 0.15) is 25.0 Å². The Balaban J connectivity index is 1.60. The second-order valence-corrected chi connectivity index (χ2v) is 4.31. The molecule has 1 aromatic carbocycles. The maximum Gasteiger partial charge on any atom is 0.123 e. The van der Waals surface area contributed by atoms with Gasteiger partial charge in [0.2, 0.25) is 0 Å². The summed E-state index contributed by atoms with van der Waals surface area (Å²) in [5.74, 6) is 0.863. The second kappa shape index (κ2) is 5.18. The second-order valence-electron chi connectivity index (χ2n) is 4.31. The fourth-order valence-corrected chi connectivity index (χ4v) is 2.01. The van der Waals surface area contributed by atoms with E-state index in [0.29, 0.717) is 6.61 Å². The van der Waals surface area contributed by atoms with E-state index in [2.05, 4.69) is 10.2 Å². The van der Waals surface area contributed by atoms with Gasteiger partial charge in [-0.15, -0.1) is 10.2 Å². The van der Waals surface area contributed by atoms with Crippen LogP contribution in [0.25, 0.3) is 5.69 Å². The van der Waals surface area contributed by atoms with Gasteiger partial charge in [-0.1, -0.05) is 0 Å². The molecule has 0 unspecified atom stereocenters. The van der Waals surface area contributed by atoms with Crippen LogP contribution in [0.15, 0.2) is 36.9 Å². The van der Waals surface area contributed by atoms with Crippen LogP contribution in [0.4, 0.5) is 0 Å². The van der Waals surface area contributed by atoms with Gasteiger partial charge in [0.25, 0.3) is 0 Å². The average molecular weight is 245 g/mol. The van der Waals surface area contributed by atoms with Gasteiger partial charge in [0.05, 0.1) is 6.10 Å². The molecule has 1 aliphatic heterocycles. The Morgan fingerprint density at radius 3 is 2.67 bits per heavy atom. The summed E-state index contributed by atoms with van der Waals surface area (Å²) in [6.07, 6.45) is 5.83. The van der Waals surface area contributed by atoms with Crippen molar-refractivity contribution in [2.24, 2.45) is 0 Å². The van der Waals surface area contributed by atoms with Gasteiger partial charge in [-0.3, -0.25) is 4.57 Å². The number of rotatable bonds is 4. The average Bonchev–Trinajstić information content (AvgIpc) is 3.10. The van der Waals surface area contributed by atoms with Gasteiger partial charge < -0.3 is 9.47 Å². The highest BCUT2D eigenvalue weighted by molar-refractivity contribution is 5.36. The topological polar surface area (TPSA) is 49.2 Å². The summed E-state index contributed by atoms with van der Waals surface area (Å²) in [5, 5.41) is 7.55. The molecule has 0 amide bonds. The van der Waals surface area contributed by atoms with Crippen LogP contribution >= 0.6 is 0 Å². The Morgan fingerprint density at radius 2 is 2.00 bits per heavy atom. The third kappa shape index (κ3) is 2.51. The summed E-state index contributed by atoms with van der Waals surface area (Å²) >= 11 is 0. The standard InChI is InChI=1S/C13H15N3O2/c1-2-13(17-7-1)8-18-12-5-3-11(4-6-12)16-9-14-15-10-16/h3-6,9-10,13H,1-2,7-8H2/t13-/m1/s1. The molecule has 1 aliphatic rings. The molecule has 0 radical (unpaired) electrons. The first-order chi connectivity index (χ1) is 8.92. The molecule has 5 nitrogen and oxygen atoms in total. The van der Waals surface area contributed by atoms with Crippen molar-refractivity contribution in [3.63, 3.8) is 0 Å². The highest BCUT2D eigenvalue weighted by atomic mass is 16.5. The summed E-state index contributed by atoms with van der Waals surface area (Å²) < 4.78 is 13.1. The minimum Gasteiger partial charge on any atom is -0.491 e. The number of benzene rings is 1. The largest absolute Gasteiger partial charge is 0.491 e. The van der Waals surface area contributed by atoms with Gasteiger partial charge in [-0.2, -0.15) is 0 Å². The van der Waals surface area contributed by atoms with Crippen molar-refractivity contribution < 1.29 is 9.47 Å². The van der Waals surface area contributed by atoms with Crippen LogP contribution in [0.2, 0.25) is 0 Å². The SMILES string of the molecule is c1cc(-n2cnnc2)ccc1OC[C@H]1CCCO1. The third-order valence-corrected chi connectivity index (χ3v) is 3.01. The van der Waals surface area contributed by atoms with E-state index in [-0.39, 0.29) is 6.10 Å². The quantitative estimate of drug-likeness (QED) is 0.824. The molecule has 1 atom stereocenters. The lowest BCUT2D eigenvalue weighted by Crippen LogP contribution is -2.16. The fraction of sp³-hybridized carbons (Fsp3) is 0.385. The van der Waals surface area contributed by atoms with Crippen molar-refractivity contribution in [3.05, 3.63) is 36.9 Å². The predicted octanol–water partition coefficient (Wildman–Crippen LogP) is 1.83. The monoisotopic (exact) mass is 245 g/mol. The number of aromatic nitrogens is 3. The zero-order valence-corrected chi connectivity index (χ0v) is 10.0. The Labute approximate surface area is 105 Å². The lowest BCUT2D eigenvalue weighted by molar-refractivity contribution is 0.0679. The maximum absolute atomic E-state index is 5.70. The number of nitrogens with zero attached hydrogens (tertiary/aromatic N) is 3. The molecule has 0 saturated carbocycles. The lowest BCUT2D eigenvalue weighted by atomic mass is 10.2. The van der Waals surface area contributed by atoms with Gasteiger partial charge in [0, 0.05) is 12.3 Å². The van der Waals surface area contributed by atoms with E-state index in [9.17, 15) is 0 Å². The van der Waals surface area contributed by atoms with Crippen LogP contribution in [-0.4, -0.2) is 34.1 Å². The number of hydrogen-bond acceptors (Lipinski definition) is 4. The molecule has 0 spiro atoms. The maximum atomic E-state index is 5.70. The van der Waals surface area contributed by atoms with Gasteiger partial charge in [-0.05, 0) is 37.1 Å². The lowest BCUT2D eigenvalue weighted by Gasteiger charge is -2.11. The molecule has 5 heteroatoms. The molecular formula is C13H15N3O2. The molecule has 94 valence electrons. The number of ether oxygens (including phenoxy) is 2. The van der Waals surface area contributed by atoms with Crippen LogP contribution in [0, 0.1) is 0 Å². The smallest absolute Gasteiger partial charge is 0.123 e. The Bertz CT molecular complexity index is 475. The first-order valence-electron chi connectivity index (χ1n) is 6.11. The molecule has 18 heavy (non-hydrogen) atoms. The molecule has 0 bridgehead atoms. The van der Waals surface area contributed by atoms with Crippen molar-refractivity contribution in [1.82, 2.24) is 14.8 Å². The van der Waals surface area contributed by atoms with Crippen molar-refractivity contribution in [2.45, 2.75) is 18.9 Å². The van der Waals surface area contributed by atoms with Gasteiger partial charge in [-0.25, -0.2) is 0 Å². The first-order valence-corrected chi connectivity index (χ1v) is 6.11. The molecule has 1 fully saturated rings. The molecule has 3 rings (SSSR count). The van der Waals surface area contributed by atoms with Crippen LogP contribution in [0.5, 0.6) is 5.75 Å². The van der Waals surface area contributed by atoms with Crippen LogP contribution in [0.3, 0.4) is 0 Å². The summed E-state index contributed by atoms with van der Waals surface area (Å²) in [6.45, 7) is 1.49. The van der Waals surface area contributed by atoms with Crippen molar-refractivity contribution in [3.8, 4) is 11.4 Å². The van der Waals surface area contributed by atoms with Crippen LogP contribution < -0.4 is 4.74 Å². The fourth-order valence-electron chi connectivity index (χ4n) is 2.01. The molecule has 1 aromatic heterocycles. The summed E-state index contributed by atoms with van der Waals surface area (Å²) in [7, 11) is 0. The highest BCUT2D eigenvalue weighted by Gasteiger charge is 2.15. The summed E-state index contributed by atoms with van der Waals surface area (Å²) in [5.41, 5.74) is 1.02. The summed E-state index contributed by atoms with van der Waals surface area (Å²) in [6, 6.07) is 7.86. The first kappa shape index (κ1) is 11.2. The predicted molar refractivity (Wildman–Crippen MR) is 65.8 cm³/mol. The normalized spacial score (nSPS) is 19.0. The zero-order valence-electron chi connectivity index (χ0n) is 10.0. The highest BCUT2D eigenvalue weighted by Crippen LogP contribution is 2.17. The Hall–Kier alpha value is -1.88. The van der Waals surface area contributed by atoms with E-state index in [4.69, 9.17) is 9.47 Å². The minimum atomic E-state index is 0.252. The van der Waals surface area contributed by atoms with Crippen molar-refractivity contribution >= 4 is 0 Å². The molecular weight excluding hydrogens is 230 g/mol.